The molecule has 0 amide bonds. The van der Waals surface area contributed by atoms with Gasteiger partial charge in [0.05, 0.1) is 14.6 Å². The molecule has 6 nitrogen and oxygen atoms in total. The zero-order valence-electron chi connectivity index (χ0n) is 7.21. The van der Waals surface area contributed by atoms with Gasteiger partial charge in [0.25, 0.3) is 0 Å². The van der Waals surface area contributed by atoms with Crippen LogP contribution in [-0.4, -0.2) is 62.8 Å². The van der Waals surface area contributed by atoms with E-state index in [1.807, 2.05) is 0 Å². The first-order chi connectivity index (χ1) is 5.85. The first kappa shape index (κ1) is 8.36. The monoisotopic (exact) mass is 181 g/mol. The van der Waals surface area contributed by atoms with E-state index in [0.29, 0.717) is 0 Å². The molecule has 1 rings (SSSR count). The molecule has 1 aliphatic rings. The van der Waals surface area contributed by atoms with E-state index >= 15 is 0 Å². The molecule has 0 aromatic rings. The zero-order valence-corrected chi connectivity index (χ0v) is 6.21. The molecule has 1 fully saturated rings. The average Bonchev–Trinajstić information content (AvgIpc) is 2.09. The van der Waals surface area contributed by atoms with Crippen LogP contribution in [0.15, 0.2) is 0 Å². The number of rotatable bonds is 1. The third-order valence-corrected chi connectivity index (χ3v) is 1.75. The van der Waals surface area contributed by atoms with Crippen molar-refractivity contribution in [3.63, 3.8) is 0 Å². The van der Waals surface area contributed by atoms with Crippen LogP contribution >= 0.6 is 0 Å². The van der Waals surface area contributed by atoms with Gasteiger partial charge in [-0.05, 0) is 0 Å². The van der Waals surface area contributed by atoms with Crippen molar-refractivity contribution < 1.29 is 31.6 Å². The Hall–Kier alpha value is -0.240. The van der Waals surface area contributed by atoms with Crippen LogP contribution in [0.3, 0.4) is 0 Å². The highest BCUT2D eigenvalue weighted by molar-refractivity contribution is 4.90. The lowest BCUT2D eigenvalue weighted by Gasteiger charge is -2.40. The molecule has 1 unspecified atom stereocenters. The van der Waals surface area contributed by atoms with Gasteiger partial charge in [-0.15, -0.1) is 0 Å². The van der Waals surface area contributed by atoms with Gasteiger partial charge in [0.2, 0.25) is 5.79 Å². The summed E-state index contributed by atoms with van der Waals surface area (Å²) in [4.78, 5) is 0. The van der Waals surface area contributed by atoms with Gasteiger partial charge in [0, 0.05) is 0 Å². The molecule has 0 aromatic carbocycles. The van der Waals surface area contributed by atoms with Crippen molar-refractivity contribution in [1.82, 2.24) is 0 Å². The molecule has 72 valence electrons. The predicted octanol–water partition coefficient (Wildman–Crippen LogP) is -3.22. The fourth-order valence-corrected chi connectivity index (χ4v) is 0.928. The summed E-state index contributed by atoms with van der Waals surface area (Å²) in [6.07, 6.45) is -6.20. The maximum Gasteiger partial charge on any atom is 0.218 e. The second kappa shape index (κ2) is 3.25. The van der Waals surface area contributed by atoms with Crippen molar-refractivity contribution in [2.75, 3.05) is 13.2 Å². The lowest BCUT2D eigenvalue weighted by molar-refractivity contribution is -0.331. The molecular weight excluding hydrogens is 168 g/mol. The van der Waals surface area contributed by atoms with Crippen LogP contribution in [0.2, 0.25) is 0 Å². The molecular formula is C6H12O6. The summed E-state index contributed by atoms with van der Waals surface area (Å²) in [5.41, 5.74) is 0. The molecule has 1 heterocycles. The third kappa shape index (κ3) is 1.45. The summed E-state index contributed by atoms with van der Waals surface area (Å²) >= 11 is 0. The molecule has 6 heteroatoms. The minimum atomic E-state index is -2.85. The second-order valence-corrected chi connectivity index (χ2v) is 2.65. The maximum atomic E-state index is 9.32. The SMILES string of the molecule is [2H]C1(O)[C@@H](O)[C@@H](O)CO[C@@]1(O)CO. The van der Waals surface area contributed by atoms with E-state index in [1.165, 1.54) is 0 Å². The quantitative estimate of drug-likeness (QED) is 0.291. The van der Waals surface area contributed by atoms with Crippen molar-refractivity contribution in [3.8, 4) is 0 Å². The normalized spacial score (nSPS) is 56.6. The van der Waals surface area contributed by atoms with Gasteiger partial charge in [-0.2, -0.15) is 0 Å². The first-order valence-electron chi connectivity index (χ1n) is 3.91. The summed E-state index contributed by atoms with van der Waals surface area (Å²) in [5.74, 6) is -2.56. The minimum Gasteiger partial charge on any atom is -0.391 e. The van der Waals surface area contributed by atoms with Crippen LogP contribution in [0.1, 0.15) is 1.37 Å². The maximum absolute atomic E-state index is 9.32. The number of aliphatic hydroxyl groups is 5. The topological polar surface area (TPSA) is 110 Å². The summed E-state index contributed by atoms with van der Waals surface area (Å²) < 4.78 is 11.6. The Morgan fingerprint density at radius 2 is 2.08 bits per heavy atom. The number of aliphatic hydroxyl groups excluding tert-OH is 3. The van der Waals surface area contributed by atoms with Crippen LogP contribution in [-0.2, 0) is 4.74 Å². The summed E-state index contributed by atoms with van der Waals surface area (Å²) in [6, 6.07) is 0. The fraction of sp³-hybridized carbons (Fsp3) is 1.00. The van der Waals surface area contributed by atoms with E-state index in [1.54, 1.807) is 0 Å². The smallest absolute Gasteiger partial charge is 0.218 e. The van der Waals surface area contributed by atoms with Crippen LogP contribution in [0.25, 0.3) is 0 Å². The van der Waals surface area contributed by atoms with Crippen LogP contribution in [0.4, 0.5) is 0 Å². The van der Waals surface area contributed by atoms with Gasteiger partial charge in [-0.1, -0.05) is 0 Å². The lowest BCUT2D eigenvalue weighted by Crippen LogP contribution is -2.62. The molecule has 0 aromatic heterocycles. The molecule has 12 heavy (non-hydrogen) atoms. The first-order valence-corrected chi connectivity index (χ1v) is 3.41. The zero-order chi connectivity index (χ0) is 10.3. The average molecular weight is 181 g/mol. The molecule has 0 aliphatic carbocycles. The Morgan fingerprint density at radius 3 is 2.58 bits per heavy atom. The standard InChI is InChI=1S/C6H12O6/c7-2-6(11)5(10)4(9)3(8)1-12-6/h3-5,7-11H,1-2H2/t3-,4-,5?,6-/m0/s1/i5D. The largest absolute Gasteiger partial charge is 0.391 e. The Morgan fingerprint density at radius 1 is 1.50 bits per heavy atom. The molecule has 4 atom stereocenters. The summed E-state index contributed by atoms with van der Waals surface area (Å²) in [6.45, 7) is -1.50. The van der Waals surface area contributed by atoms with E-state index in [4.69, 9.17) is 16.7 Å². The van der Waals surface area contributed by atoms with Crippen LogP contribution in [0, 0.1) is 0 Å². The highest BCUT2D eigenvalue weighted by atomic mass is 16.7. The number of ether oxygens (including phenoxy) is 1. The Bertz CT molecular complexity index is 198. The Labute approximate surface area is 70.0 Å². The van der Waals surface area contributed by atoms with Crippen molar-refractivity contribution in [2.24, 2.45) is 0 Å². The molecule has 0 bridgehead atoms. The molecule has 0 saturated carbocycles. The van der Waals surface area contributed by atoms with Crippen LogP contribution in [0.5, 0.6) is 0 Å². The van der Waals surface area contributed by atoms with E-state index in [-0.39, 0.29) is 0 Å². The van der Waals surface area contributed by atoms with Crippen molar-refractivity contribution in [3.05, 3.63) is 0 Å². The summed E-state index contributed by atoms with van der Waals surface area (Å²) in [7, 11) is 0. The van der Waals surface area contributed by atoms with E-state index in [0.717, 1.165) is 0 Å². The van der Waals surface area contributed by atoms with Crippen molar-refractivity contribution in [2.45, 2.75) is 24.1 Å². The molecule has 0 radical (unpaired) electrons. The van der Waals surface area contributed by atoms with E-state index in [9.17, 15) is 10.2 Å². The highest BCUT2D eigenvalue weighted by Gasteiger charge is 2.47. The van der Waals surface area contributed by atoms with E-state index in [2.05, 4.69) is 4.74 Å². The van der Waals surface area contributed by atoms with Crippen LogP contribution < -0.4 is 0 Å². The van der Waals surface area contributed by atoms with E-state index < -0.39 is 37.3 Å². The Balaban J connectivity index is 2.92. The highest BCUT2D eigenvalue weighted by Crippen LogP contribution is 2.22. The third-order valence-electron chi connectivity index (χ3n) is 1.75. The number of hydrogen-bond acceptors (Lipinski definition) is 6. The molecule has 1 saturated heterocycles. The summed E-state index contributed by atoms with van der Waals surface area (Å²) in [5, 5.41) is 45.3. The second-order valence-electron chi connectivity index (χ2n) is 2.65. The minimum absolute atomic E-state index is 0.459. The molecule has 5 N–H and O–H groups in total. The Kier molecular flexibility index (Phi) is 2.26. The van der Waals surface area contributed by atoms with Crippen molar-refractivity contribution in [1.29, 1.82) is 0 Å². The lowest BCUT2D eigenvalue weighted by atomic mass is 9.98. The predicted molar refractivity (Wildman–Crippen MR) is 36.0 cm³/mol. The molecule has 1 aliphatic heterocycles. The van der Waals surface area contributed by atoms with Crippen molar-refractivity contribution >= 4 is 0 Å². The number of hydrogen-bond donors (Lipinski definition) is 5. The molecule has 0 spiro atoms. The fourth-order valence-electron chi connectivity index (χ4n) is 0.928. The van der Waals surface area contributed by atoms with Gasteiger partial charge < -0.3 is 30.3 Å². The van der Waals surface area contributed by atoms with Gasteiger partial charge in [0.15, 0.2) is 0 Å². The van der Waals surface area contributed by atoms with Gasteiger partial charge in [-0.25, -0.2) is 0 Å². The van der Waals surface area contributed by atoms with Gasteiger partial charge >= 0.3 is 0 Å². The van der Waals surface area contributed by atoms with Gasteiger partial charge in [0.1, 0.15) is 18.3 Å². The van der Waals surface area contributed by atoms with Gasteiger partial charge in [-0.3, -0.25) is 0 Å².